The number of nitrogens with zero attached hydrogens (tertiary/aromatic N) is 2. The molecule has 2 amide bonds. The van der Waals surface area contributed by atoms with Crippen LogP contribution in [0.1, 0.15) is 46.6 Å². The summed E-state index contributed by atoms with van der Waals surface area (Å²) < 4.78 is 10.9. The molecule has 184 valence electrons. The van der Waals surface area contributed by atoms with E-state index in [4.69, 9.17) is 21.1 Å². The van der Waals surface area contributed by atoms with Crippen LogP contribution in [-0.2, 0) is 4.79 Å². The van der Waals surface area contributed by atoms with Crippen LogP contribution in [0.15, 0.2) is 53.9 Å². The van der Waals surface area contributed by atoms with Crippen molar-refractivity contribution < 1.29 is 19.1 Å². The van der Waals surface area contributed by atoms with Gasteiger partial charge in [-0.1, -0.05) is 49.7 Å². The first-order valence-corrected chi connectivity index (χ1v) is 12.7. The van der Waals surface area contributed by atoms with Gasteiger partial charge in [0.25, 0.3) is 5.91 Å². The van der Waals surface area contributed by atoms with E-state index in [1.165, 1.54) is 14.2 Å². The summed E-state index contributed by atoms with van der Waals surface area (Å²) in [7, 11) is 4.78. The van der Waals surface area contributed by atoms with Gasteiger partial charge in [-0.05, 0) is 35.1 Å². The third-order valence-corrected chi connectivity index (χ3v) is 7.48. The van der Waals surface area contributed by atoms with Crippen molar-refractivity contribution in [3.63, 3.8) is 0 Å². The molecule has 2 aromatic carbocycles. The summed E-state index contributed by atoms with van der Waals surface area (Å²) in [6.45, 7) is 4.69. The Labute approximate surface area is 215 Å². The quantitative estimate of drug-likeness (QED) is 0.388. The molecule has 8 heteroatoms. The lowest BCUT2D eigenvalue weighted by molar-refractivity contribution is -0.121. The average Bonchev–Trinajstić information content (AvgIpc) is 3.39. The fourth-order valence-electron chi connectivity index (χ4n) is 4.66. The molecule has 4 rings (SSSR count). The Morgan fingerprint density at radius 2 is 1.83 bits per heavy atom. The molecule has 0 unspecified atom stereocenters. The fraction of sp³-hybridized carbons (Fsp3) is 0.333. The van der Waals surface area contributed by atoms with E-state index in [9.17, 15) is 9.59 Å². The van der Waals surface area contributed by atoms with Gasteiger partial charge in [0, 0.05) is 30.1 Å². The van der Waals surface area contributed by atoms with Gasteiger partial charge >= 0.3 is 0 Å². The van der Waals surface area contributed by atoms with Crippen LogP contribution in [-0.4, -0.2) is 44.5 Å². The molecule has 0 aliphatic carbocycles. The minimum Gasteiger partial charge on any atom is -0.495 e. The molecule has 0 fully saturated rings. The molecule has 1 aliphatic rings. The molecule has 35 heavy (non-hydrogen) atoms. The molecule has 0 N–H and O–H groups in total. The van der Waals surface area contributed by atoms with Crippen molar-refractivity contribution in [3.05, 3.63) is 74.9 Å². The van der Waals surface area contributed by atoms with Crippen LogP contribution in [0.5, 0.6) is 11.5 Å². The molecule has 2 atom stereocenters. The number of carbonyl (C=O) groups is 2. The Balaban J connectivity index is 1.87. The van der Waals surface area contributed by atoms with E-state index < -0.39 is 12.0 Å². The zero-order valence-corrected chi connectivity index (χ0v) is 22.0. The maximum absolute atomic E-state index is 14.3. The van der Waals surface area contributed by atoms with Crippen molar-refractivity contribution >= 4 is 40.4 Å². The summed E-state index contributed by atoms with van der Waals surface area (Å²) in [4.78, 5) is 32.3. The third kappa shape index (κ3) is 4.62. The second-order valence-electron chi connectivity index (χ2n) is 8.93. The first-order valence-electron chi connectivity index (χ1n) is 11.4. The Morgan fingerprint density at radius 1 is 1.11 bits per heavy atom. The molecule has 1 aliphatic heterocycles. The summed E-state index contributed by atoms with van der Waals surface area (Å²) >= 11 is 7.97. The number of benzene rings is 2. The Bertz CT molecular complexity index is 1230. The summed E-state index contributed by atoms with van der Waals surface area (Å²) in [5.41, 5.74) is 1.82. The second kappa shape index (κ2) is 10.3. The van der Waals surface area contributed by atoms with Crippen molar-refractivity contribution in [1.82, 2.24) is 4.90 Å². The first kappa shape index (κ1) is 25.1. The molecule has 6 nitrogen and oxygen atoms in total. The number of amides is 2. The summed E-state index contributed by atoms with van der Waals surface area (Å²) in [5.74, 6) is 0.355. The number of hydrogen-bond donors (Lipinski definition) is 0. The van der Waals surface area contributed by atoms with Gasteiger partial charge in [-0.2, -0.15) is 0 Å². The summed E-state index contributed by atoms with van der Waals surface area (Å²) in [6, 6.07) is 14.3. The van der Waals surface area contributed by atoms with Crippen molar-refractivity contribution in [1.29, 1.82) is 0 Å². The number of carbonyl (C=O) groups excluding carboxylic acids is 2. The zero-order valence-electron chi connectivity index (χ0n) is 20.4. The summed E-state index contributed by atoms with van der Waals surface area (Å²) in [6.07, 6.45) is 0. The lowest BCUT2D eigenvalue weighted by Crippen LogP contribution is -2.48. The number of halogens is 1. The van der Waals surface area contributed by atoms with Gasteiger partial charge in [0.1, 0.15) is 11.5 Å². The van der Waals surface area contributed by atoms with Crippen LogP contribution in [0.2, 0.25) is 5.02 Å². The van der Waals surface area contributed by atoms with Crippen LogP contribution in [0.4, 0.5) is 5.69 Å². The van der Waals surface area contributed by atoms with Crippen molar-refractivity contribution in [3.8, 4) is 11.5 Å². The monoisotopic (exact) mass is 512 g/mol. The highest BCUT2D eigenvalue weighted by atomic mass is 35.5. The number of likely N-dealkylation sites (N-methyl/N-ethyl adjacent to an activating group) is 1. The maximum Gasteiger partial charge on any atom is 0.254 e. The Morgan fingerprint density at radius 3 is 2.46 bits per heavy atom. The predicted octanol–water partition coefficient (Wildman–Crippen LogP) is 6.02. The van der Waals surface area contributed by atoms with Gasteiger partial charge in [-0.3, -0.25) is 9.59 Å². The van der Waals surface area contributed by atoms with Gasteiger partial charge in [0.2, 0.25) is 5.91 Å². The zero-order chi connectivity index (χ0) is 25.3. The number of ether oxygens (including phenoxy) is 2. The van der Waals surface area contributed by atoms with E-state index >= 15 is 0 Å². The molecule has 0 spiro atoms. The molecule has 0 saturated heterocycles. The van der Waals surface area contributed by atoms with Gasteiger partial charge in [0.05, 0.1) is 36.9 Å². The topological polar surface area (TPSA) is 59.1 Å². The van der Waals surface area contributed by atoms with Crippen LogP contribution < -0.4 is 14.4 Å². The average molecular weight is 513 g/mol. The SMILES string of the molecule is COc1cc(OC)c(N(C)C(=O)[C@@H]2c3ccccc3C(=O)N(CC(C)C)[C@@H]2c2cccs2)cc1Cl. The molecule has 0 bridgehead atoms. The molecular weight excluding hydrogens is 484 g/mol. The number of hydrogen-bond acceptors (Lipinski definition) is 5. The lowest BCUT2D eigenvalue weighted by atomic mass is 9.80. The largest absolute Gasteiger partial charge is 0.495 e. The predicted molar refractivity (Wildman–Crippen MR) is 140 cm³/mol. The highest BCUT2D eigenvalue weighted by Crippen LogP contribution is 2.47. The second-order valence-corrected chi connectivity index (χ2v) is 10.3. The van der Waals surface area contributed by atoms with Crippen molar-refractivity contribution in [2.75, 3.05) is 32.7 Å². The van der Waals surface area contributed by atoms with Gasteiger partial charge in [-0.25, -0.2) is 0 Å². The smallest absolute Gasteiger partial charge is 0.254 e. The van der Waals surface area contributed by atoms with E-state index in [0.29, 0.717) is 34.3 Å². The van der Waals surface area contributed by atoms with E-state index in [-0.39, 0.29) is 17.7 Å². The molecule has 2 heterocycles. The molecule has 0 saturated carbocycles. The number of anilines is 1. The van der Waals surface area contributed by atoms with E-state index in [2.05, 4.69) is 13.8 Å². The van der Waals surface area contributed by atoms with E-state index in [0.717, 1.165) is 10.4 Å². The Hall–Kier alpha value is -3.03. The fourth-order valence-corrected chi connectivity index (χ4v) is 5.77. The molecule has 3 aromatic rings. The first-order chi connectivity index (χ1) is 16.8. The van der Waals surface area contributed by atoms with Crippen LogP contribution >= 0.6 is 22.9 Å². The molecule has 0 radical (unpaired) electrons. The lowest BCUT2D eigenvalue weighted by Gasteiger charge is -2.43. The third-order valence-electron chi connectivity index (χ3n) is 6.25. The van der Waals surface area contributed by atoms with E-state index in [1.807, 2.05) is 40.6 Å². The maximum atomic E-state index is 14.3. The summed E-state index contributed by atoms with van der Waals surface area (Å²) in [5, 5.41) is 2.35. The van der Waals surface area contributed by atoms with Gasteiger partial charge in [-0.15, -0.1) is 11.3 Å². The van der Waals surface area contributed by atoms with Gasteiger partial charge in [0.15, 0.2) is 0 Å². The van der Waals surface area contributed by atoms with Crippen LogP contribution in [0.3, 0.4) is 0 Å². The van der Waals surface area contributed by atoms with Crippen molar-refractivity contribution in [2.45, 2.75) is 25.8 Å². The van der Waals surface area contributed by atoms with E-state index in [1.54, 1.807) is 41.5 Å². The highest BCUT2D eigenvalue weighted by molar-refractivity contribution is 7.10. The number of methoxy groups -OCH3 is 2. The molecule has 1 aromatic heterocycles. The standard InChI is InChI=1S/C27H29ClN2O4S/c1-16(2)15-30-25(23-11-8-12-35-23)24(17-9-6-7-10-18(17)26(30)31)27(32)29(3)20-13-19(28)21(33-4)14-22(20)34-5/h6-14,16,24-25H,15H2,1-5H3/t24-,25-/m1/s1. The molecular formula is C27H29ClN2O4S. The highest BCUT2D eigenvalue weighted by Gasteiger charge is 2.46. The Kier molecular flexibility index (Phi) is 7.38. The van der Waals surface area contributed by atoms with Crippen LogP contribution in [0.25, 0.3) is 0 Å². The van der Waals surface area contributed by atoms with Crippen LogP contribution in [0, 0.1) is 5.92 Å². The number of fused-ring (bicyclic) bond motifs is 1. The number of rotatable bonds is 7. The van der Waals surface area contributed by atoms with Crippen molar-refractivity contribution in [2.24, 2.45) is 5.92 Å². The minimum absolute atomic E-state index is 0.0514. The van der Waals surface area contributed by atoms with Gasteiger partial charge < -0.3 is 19.3 Å². The normalized spacial score (nSPS) is 17.3. The number of thiophene rings is 1. The minimum atomic E-state index is -0.600.